The van der Waals surface area contributed by atoms with E-state index in [4.69, 9.17) is 4.74 Å². The van der Waals surface area contributed by atoms with Crippen molar-refractivity contribution >= 4 is 21.6 Å². The monoisotopic (exact) mass is 442 g/mol. The molecule has 8 heteroatoms. The number of hydrogen-bond donors (Lipinski definition) is 1. The summed E-state index contributed by atoms with van der Waals surface area (Å²) in [5.41, 5.74) is 0.659. The molecule has 0 aromatic heterocycles. The van der Waals surface area contributed by atoms with Gasteiger partial charge in [0.25, 0.3) is 10.0 Å². The number of halogens is 1. The van der Waals surface area contributed by atoms with Crippen LogP contribution in [0.5, 0.6) is 5.75 Å². The molecule has 6 nitrogen and oxygen atoms in total. The first kappa shape index (κ1) is 22.3. The number of rotatable bonds is 8. The van der Waals surface area contributed by atoms with Crippen molar-refractivity contribution < 1.29 is 22.3 Å². The van der Waals surface area contributed by atoms with Crippen LogP contribution in [0.2, 0.25) is 0 Å². The van der Waals surface area contributed by atoms with Crippen LogP contribution in [-0.4, -0.2) is 28.0 Å². The van der Waals surface area contributed by atoms with E-state index in [1.165, 1.54) is 49.6 Å². The number of carbonyl (C=O) groups excluding carboxylic acids is 1. The summed E-state index contributed by atoms with van der Waals surface area (Å²) in [5, 5.41) is 2.77. The molecular formula is C23H23FN2O4S. The zero-order valence-electron chi connectivity index (χ0n) is 17.2. The maximum absolute atomic E-state index is 14.5. The van der Waals surface area contributed by atoms with Crippen molar-refractivity contribution in [1.29, 1.82) is 0 Å². The molecule has 0 saturated carbocycles. The summed E-state index contributed by atoms with van der Waals surface area (Å²) in [4.78, 5) is 12.7. The molecule has 162 valence electrons. The average molecular weight is 443 g/mol. The van der Waals surface area contributed by atoms with E-state index in [0.29, 0.717) is 5.75 Å². The van der Waals surface area contributed by atoms with Crippen molar-refractivity contribution in [2.45, 2.75) is 17.9 Å². The van der Waals surface area contributed by atoms with Gasteiger partial charge in [-0.15, -0.1) is 0 Å². The summed E-state index contributed by atoms with van der Waals surface area (Å²) in [6.45, 7) is 1.21. The lowest BCUT2D eigenvalue weighted by molar-refractivity contribution is -0.120. The number of amides is 1. The molecule has 1 atom stereocenters. The predicted octanol–water partition coefficient (Wildman–Crippen LogP) is 3.91. The quantitative estimate of drug-likeness (QED) is 0.574. The van der Waals surface area contributed by atoms with Gasteiger partial charge >= 0.3 is 0 Å². The zero-order valence-corrected chi connectivity index (χ0v) is 18.0. The number of carbonyl (C=O) groups is 1. The highest BCUT2D eigenvalue weighted by Gasteiger charge is 2.29. The number of sulfonamides is 1. The summed E-state index contributed by atoms with van der Waals surface area (Å²) in [6, 6.07) is 20.0. The number of para-hydroxylation sites is 1. The standard InChI is InChI=1S/C23H23FN2O4S/c1-17(18-8-4-3-5-9-18)25-23(27)16-26(22-11-7-6-10-21(22)24)31(28,29)20-14-12-19(30-2)13-15-20/h3-15,17H,16H2,1-2H3,(H,25,27)/t17-/m0/s1. The second kappa shape index (κ2) is 9.61. The van der Waals surface area contributed by atoms with Crippen LogP contribution in [0.15, 0.2) is 83.8 Å². The molecule has 1 N–H and O–H groups in total. The molecule has 0 spiro atoms. The second-order valence-electron chi connectivity index (χ2n) is 6.84. The van der Waals surface area contributed by atoms with Crippen LogP contribution in [0.4, 0.5) is 10.1 Å². The van der Waals surface area contributed by atoms with E-state index in [9.17, 15) is 17.6 Å². The van der Waals surface area contributed by atoms with E-state index in [0.717, 1.165) is 15.9 Å². The van der Waals surface area contributed by atoms with Crippen molar-refractivity contribution in [1.82, 2.24) is 5.32 Å². The molecule has 0 saturated heterocycles. The highest BCUT2D eigenvalue weighted by Crippen LogP contribution is 2.27. The van der Waals surface area contributed by atoms with Crippen LogP contribution in [0.25, 0.3) is 0 Å². The van der Waals surface area contributed by atoms with Crippen LogP contribution in [0.1, 0.15) is 18.5 Å². The van der Waals surface area contributed by atoms with Gasteiger partial charge in [0, 0.05) is 0 Å². The number of nitrogens with zero attached hydrogens (tertiary/aromatic N) is 1. The molecular weight excluding hydrogens is 419 g/mol. The lowest BCUT2D eigenvalue weighted by Crippen LogP contribution is -2.42. The normalized spacial score (nSPS) is 12.1. The minimum absolute atomic E-state index is 0.0829. The highest BCUT2D eigenvalue weighted by atomic mass is 32.2. The first-order valence-electron chi connectivity index (χ1n) is 9.58. The van der Waals surface area contributed by atoms with E-state index in [1.54, 1.807) is 6.92 Å². The lowest BCUT2D eigenvalue weighted by Gasteiger charge is -2.25. The van der Waals surface area contributed by atoms with E-state index >= 15 is 0 Å². The summed E-state index contributed by atoms with van der Waals surface area (Å²) in [5.74, 6) is -0.828. The molecule has 3 aromatic rings. The van der Waals surface area contributed by atoms with Gasteiger partial charge in [-0.05, 0) is 48.9 Å². The zero-order chi connectivity index (χ0) is 22.4. The molecule has 0 aliphatic carbocycles. The van der Waals surface area contributed by atoms with Gasteiger partial charge in [-0.1, -0.05) is 42.5 Å². The topological polar surface area (TPSA) is 75.7 Å². The van der Waals surface area contributed by atoms with E-state index in [2.05, 4.69) is 5.32 Å². The minimum Gasteiger partial charge on any atom is -0.497 e. The Kier molecular flexibility index (Phi) is 6.91. The fourth-order valence-corrected chi connectivity index (χ4v) is 4.50. The molecule has 1 amide bonds. The fourth-order valence-electron chi connectivity index (χ4n) is 3.07. The van der Waals surface area contributed by atoms with E-state index in [1.807, 2.05) is 30.3 Å². The van der Waals surface area contributed by atoms with Crippen LogP contribution in [0.3, 0.4) is 0 Å². The number of nitrogens with one attached hydrogen (secondary N) is 1. The van der Waals surface area contributed by atoms with Crippen molar-refractivity contribution in [3.63, 3.8) is 0 Å². The summed E-state index contributed by atoms with van der Waals surface area (Å²) < 4.78 is 47.0. The summed E-state index contributed by atoms with van der Waals surface area (Å²) in [6.07, 6.45) is 0. The lowest BCUT2D eigenvalue weighted by atomic mass is 10.1. The third kappa shape index (κ3) is 5.21. The molecule has 0 bridgehead atoms. The van der Waals surface area contributed by atoms with Crippen LogP contribution < -0.4 is 14.4 Å². The van der Waals surface area contributed by atoms with Gasteiger partial charge < -0.3 is 10.1 Å². The van der Waals surface area contributed by atoms with Gasteiger partial charge in [-0.25, -0.2) is 12.8 Å². The number of ether oxygens (including phenoxy) is 1. The maximum Gasteiger partial charge on any atom is 0.264 e. The average Bonchev–Trinajstić information content (AvgIpc) is 2.78. The van der Waals surface area contributed by atoms with Gasteiger partial charge in [0.05, 0.1) is 23.7 Å². The first-order valence-corrected chi connectivity index (χ1v) is 11.0. The Morgan fingerprint density at radius 3 is 2.23 bits per heavy atom. The van der Waals surface area contributed by atoms with E-state index < -0.39 is 28.3 Å². The Bertz CT molecular complexity index is 1140. The van der Waals surface area contributed by atoms with Crippen molar-refractivity contribution in [3.05, 3.63) is 90.2 Å². The minimum atomic E-state index is -4.22. The maximum atomic E-state index is 14.5. The smallest absolute Gasteiger partial charge is 0.264 e. The number of anilines is 1. The van der Waals surface area contributed by atoms with Crippen LogP contribution in [0, 0.1) is 5.82 Å². The Hall–Kier alpha value is -3.39. The third-order valence-electron chi connectivity index (χ3n) is 4.73. The number of benzene rings is 3. The van der Waals surface area contributed by atoms with Gasteiger partial charge in [-0.2, -0.15) is 0 Å². The molecule has 0 aliphatic heterocycles. The molecule has 31 heavy (non-hydrogen) atoms. The molecule has 0 heterocycles. The SMILES string of the molecule is COc1ccc(S(=O)(=O)N(CC(=O)N[C@@H](C)c2ccccc2)c2ccccc2F)cc1. The Labute approximate surface area is 181 Å². The van der Waals surface area contributed by atoms with Crippen molar-refractivity contribution in [3.8, 4) is 5.75 Å². The molecule has 3 rings (SSSR count). The second-order valence-corrected chi connectivity index (χ2v) is 8.70. The molecule has 0 fully saturated rings. The third-order valence-corrected chi connectivity index (χ3v) is 6.51. The first-order chi connectivity index (χ1) is 14.8. The van der Waals surface area contributed by atoms with E-state index in [-0.39, 0.29) is 16.6 Å². The van der Waals surface area contributed by atoms with Gasteiger partial charge in [0.1, 0.15) is 18.1 Å². The molecule has 0 radical (unpaired) electrons. The largest absolute Gasteiger partial charge is 0.497 e. The van der Waals surface area contributed by atoms with Crippen molar-refractivity contribution in [2.75, 3.05) is 18.0 Å². The molecule has 0 unspecified atom stereocenters. The summed E-state index contributed by atoms with van der Waals surface area (Å²) >= 11 is 0. The molecule has 3 aromatic carbocycles. The number of hydrogen-bond acceptors (Lipinski definition) is 4. The van der Waals surface area contributed by atoms with Crippen LogP contribution >= 0.6 is 0 Å². The van der Waals surface area contributed by atoms with Gasteiger partial charge in [0.15, 0.2) is 0 Å². The van der Waals surface area contributed by atoms with Crippen LogP contribution in [-0.2, 0) is 14.8 Å². The Morgan fingerprint density at radius 2 is 1.61 bits per heavy atom. The highest BCUT2D eigenvalue weighted by molar-refractivity contribution is 7.92. The Morgan fingerprint density at radius 1 is 1.00 bits per heavy atom. The van der Waals surface area contributed by atoms with Gasteiger partial charge in [-0.3, -0.25) is 9.10 Å². The number of methoxy groups -OCH3 is 1. The predicted molar refractivity (Wildman–Crippen MR) is 117 cm³/mol. The van der Waals surface area contributed by atoms with Crippen molar-refractivity contribution in [2.24, 2.45) is 0 Å². The summed E-state index contributed by atoms with van der Waals surface area (Å²) in [7, 11) is -2.75. The molecule has 0 aliphatic rings. The van der Waals surface area contributed by atoms with Gasteiger partial charge in [0.2, 0.25) is 5.91 Å². The Balaban J connectivity index is 1.91. The fraction of sp³-hybridized carbons (Fsp3) is 0.174.